The molecule has 0 aromatic heterocycles. The fraction of sp³-hybridized carbons (Fsp3) is 0.130. The van der Waals surface area contributed by atoms with Gasteiger partial charge in [0.05, 0.1) is 12.8 Å². The first-order valence-corrected chi connectivity index (χ1v) is 9.39. The summed E-state index contributed by atoms with van der Waals surface area (Å²) in [6, 6.07) is 20.4. The van der Waals surface area contributed by atoms with Crippen molar-refractivity contribution in [1.29, 1.82) is 0 Å². The number of aliphatic imine (C=N–C) groups is 1. The lowest BCUT2D eigenvalue weighted by molar-refractivity contribution is -0.118. The summed E-state index contributed by atoms with van der Waals surface area (Å²) in [5, 5.41) is 3.35. The van der Waals surface area contributed by atoms with Crippen molar-refractivity contribution in [3.8, 4) is 11.5 Å². The topological polar surface area (TPSA) is 59.9 Å². The molecule has 1 amide bonds. The summed E-state index contributed by atoms with van der Waals surface area (Å²) in [5.41, 5.74) is 3.28. The van der Waals surface area contributed by atoms with Gasteiger partial charge in [-0.1, -0.05) is 35.9 Å². The third-order valence-electron chi connectivity index (χ3n) is 4.12. The van der Waals surface area contributed by atoms with E-state index in [1.807, 2.05) is 49.4 Å². The molecule has 0 bridgehead atoms. The molecule has 6 heteroatoms. The number of hydrogen-bond acceptors (Lipinski definition) is 4. The Labute approximate surface area is 175 Å². The maximum Gasteiger partial charge on any atom is 0.262 e. The van der Waals surface area contributed by atoms with Crippen molar-refractivity contribution in [2.45, 2.75) is 6.92 Å². The van der Waals surface area contributed by atoms with Crippen LogP contribution in [0.2, 0.25) is 5.02 Å². The number of carbonyl (C=O) groups is 1. The quantitative estimate of drug-likeness (QED) is 0.530. The molecular weight excluding hydrogens is 388 g/mol. The Bertz CT molecular complexity index is 1020. The predicted octanol–water partition coefficient (Wildman–Crippen LogP) is 5.43. The van der Waals surface area contributed by atoms with Crippen LogP contribution in [0.4, 0.5) is 11.4 Å². The zero-order valence-electron chi connectivity index (χ0n) is 16.2. The second kappa shape index (κ2) is 9.75. The van der Waals surface area contributed by atoms with Crippen molar-refractivity contribution < 1.29 is 14.3 Å². The summed E-state index contributed by atoms with van der Waals surface area (Å²) in [6.07, 6.45) is 1.75. The number of nitrogens with zero attached hydrogens (tertiary/aromatic N) is 1. The van der Waals surface area contributed by atoms with Crippen LogP contribution >= 0.6 is 11.6 Å². The van der Waals surface area contributed by atoms with Gasteiger partial charge in [-0.2, -0.15) is 0 Å². The first-order chi connectivity index (χ1) is 14.0. The SMILES string of the molecule is COc1cc(C=Nc2ccccc2)ccc1OCC(=O)Nc1ccc(C)c(Cl)c1. The van der Waals surface area contributed by atoms with Crippen molar-refractivity contribution in [3.63, 3.8) is 0 Å². The number of methoxy groups -OCH3 is 1. The van der Waals surface area contributed by atoms with Gasteiger partial charge in [0.1, 0.15) is 0 Å². The van der Waals surface area contributed by atoms with Crippen LogP contribution in [0.3, 0.4) is 0 Å². The van der Waals surface area contributed by atoms with Crippen molar-refractivity contribution >= 4 is 35.1 Å². The summed E-state index contributed by atoms with van der Waals surface area (Å²) in [6.45, 7) is 1.75. The molecular formula is C23H21ClN2O3. The molecule has 0 aliphatic carbocycles. The van der Waals surface area contributed by atoms with Gasteiger partial charge in [-0.3, -0.25) is 9.79 Å². The largest absolute Gasteiger partial charge is 0.493 e. The summed E-state index contributed by atoms with van der Waals surface area (Å²) in [7, 11) is 1.55. The number of benzene rings is 3. The van der Waals surface area contributed by atoms with Crippen LogP contribution in [0.15, 0.2) is 71.7 Å². The van der Waals surface area contributed by atoms with Gasteiger partial charge in [-0.15, -0.1) is 0 Å². The van der Waals surface area contributed by atoms with E-state index >= 15 is 0 Å². The highest BCUT2D eigenvalue weighted by Crippen LogP contribution is 2.28. The molecule has 0 heterocycles. The highest BCUT2D eigenvalue weighted by molar-refractivity contribution is 6.31. The van der Waals surface area contributed by atoms with Gasteiger partial charge < -0.3 is 14.8 Å². The van der Waals surface area contributed by atoms with Gasteiger partial charge >= 0.3 is 0 Å². The molecule has 0 unspecified atom stereocenters. The van der Waals surface area contributed by atoms with Gasteiger partial charge in [0.25, 0.3) is 5.91 Å². The number of carbonyl (C=O) groups excluding carboxylic acids is 1. The smallest absolute Gasteiger partial charge is 0.262 e. The Morgan fingerprint density at radius 3 is 2.59 bits per heavy atom. The molecule has 0 spiro atoms. The molecule has 29 heavy (non-hydrogen) atoms. The minimum atomic E-state index is -0.290. The predicted molar refractivity (Wildman–Crippen MR) is 117 cm³/mol. The van der Waals surface area contributed by atoms with Crippen LogP contribution in [-0.2, 0) is 4.79 Å². The van der Waals surface area contributed by atoms with Gasteiger partial charge in [-0.05, 0) is 60.5 Å². The minimum absolute atomic E-state index is 0.153. The molecule has 0 aliphatic rings. The highest BCUT2D eigenvalue weighted by Gasteiger charge is 2.09. The van der Waals surface area contributed by atoms with E-state index in [0.29, 0.717) is 22.2 Å². The van der Waals surface area contributed by atoms with Crippen LogP contribution in [0.5, 0.6) is 11.5 Å². The molecule has 0 atom stereocenters. The molecule has 0 aliphatic heterocycles. The molecule has 0 radical (unpaired) electrons. The first-order valence-electron chi connectivity index (χ1n) is 9.01. The molecule has 3 aromatic carbocycles. The Morgan fingerprint density at radius 1 is 1.07 bits per heavy atom. The fourth-order valence-electron chi connectivity index (χ4n) is 2.56. The van der Waals surface area contributed by atoms with Crippen molar-refractivity contribution in [3.05, 3.63) is 82.9 Å². The second-order valence-electron chi connectivity index (χ2n) is 6.30. The van der Waals surface area contributed by atoms with Crippen molar-refractivity contribution in [2.75, 3.05) is 19.0 Å². The maximum atomic E-state index is 12.2. The average molecular weight is 409 g/mol. The minimum Gasteiger partial charge on any atom is -0.493 e. The van der Waals surface area contributed by atoms with E-state index < -0.39 is 0 Å². The fourth-order valence-corrected chi connectivity index (χ4v) is 2.74. The number of rotatable bonds is 7. The number of hydrogen-bond donors (Lipinski definition) is 1. The molecule has 0 saturated heterocycles. The Balaban J connectivity index is 1.62. The molecule has 3 rings (SSSR count). The van der Waals surface area contributed by atoms with E-state index in [-0.39, 0.29) is 12.5 Å². The normalized spacial score (nSPS) is 10.7. The number of amides is 1. The zero-order chi connectivity index (χ0) is 20.6. The molecule has 5 nitrogen and oxygen atoms in total. The molecule has 148 valence electrons. The lowest BCUT2D eigenvalue weighted by Gasteiger charge is -2.12. The van der Waals surface area contributed by atoms with Crippen LogP contribution in [0.25, 0.3) is 0 Å². The summed E-state index contributed by atoms with van der Waals surface area (Å²) in [5.74, 6) is 0.705. The lowest BCUT2D eigenvalue weighted by atomic mass is 10.2. The third-order valence-corrected chi connectivity index (χ3v) is 4.53. The van der Waals surface area contributed by atoms with Crippen molar-refractivity contribution in [2.24, 2.45) is 4.99 Å². The van der Waals surface area contributed by atoms with Crippen LogP contribution in [0, 0.1) is 6.92 Å². The van der Waals surface area contributed by atoms with Gasteiger partial charge in [0.15, 0.2) is 18.1 Å². The number of aryl methyl sites for hydroxylation is 1. The van der Waals surface area contributed by atoms with E-state index in [9.17, 15) is 4.79 Å². The number of ether oxygens (including phenoxy) is 2. The van der Waals surface area contributed by atoms with Gasteiger partial charge in [0.2, 0.25) is 0 Å². The number of halogens is 1. The van der Waals surface area contributed by atoms with E-state index in [1.54, 1.807) is 37.6 Å². The summed E-state index contributed by atoms with van der Waals surface area (Å²) < 4.78 is 11.0. The van der Waals surface area contributed by atoms with E-state index in [1.165, 1.54) is 0 Å². The summed E-state index contributed by atoms with van der Waals surface area (Å²) >= 11 is 6.08. The Hall–Kier alpha value is -3.31. The monoisotopic (exact) mass is 408 g/mol. The zero-order valence-corrected chi connectivity index (χ0v) is 16.9. The Kier molecular flexibility index (Phi) is 6.87. The maximum absolute atomic E-state index is 12.2. The average Bonchev–Trinajstić information content (AvgIpc) is 2.74. The molecule has 1 N–H and O–H groups in total. The van der Waals surface area contributed by atoms with Gasteiger partial charge in [0, 0.05) is 16.9 Å². The number of anilines is 1. The molecule has 3 aromatic rings. The summed E-state index contributed by atoms with van der Waals surface area (Å²) in [4.78, 5) is 16.6. The van der Waals surface area contributed by atoms with Crippen LogP contribution < -0.4 is 14.8 Å². The van der Waals surface area contributed by atoms with E-state index in [0.717, 1.165) is 16.8 Å². The Morgan fingerprint density at radius 2 is 1.86 bits per heavy atom. The van der Waals surface area contributed by atoms with Crippen LogP contribution in [0.1, 0.15) is 11.1 Å². The third kappa shape index (κ3) is 5.83. The van der Waals surface area contributed by atoms with Crippen molar-refractivity contribution in [1.82, 2.24) is 0 Å². The highest BCUT2D eigenvalue weighted by atomic mass is 35.5. The van der Waals surface area contributed by atoms with E-state index in [2.05, 4.69) is 10.3 Å². The van der Waals surface area contributed by atoms with Crippen LogP contribution in [-0.4, -0.2) is 25.8 Å². The number of nitrogens with one attached hydrogen (secondary N) is 1. The second-order valence-corrected chi connectivity index (χ2v) is 6.71. The first kappa shape index (κ1) is 20.4. The standard InChI is InChI=1S/C23H21ClN2O3/c1-16-8-10-19(13-20(16)24)26-23(27)15-29-21-11-9-17(12-22(21)28-2)14-25-18-6-4-3-5-7-18/h3-14H,15H2,1-2H3,(H,26,27). The molecule has 0 saturated carbocycles. The lowest BCUT2D eigenvalue weighted by Crippen LogP contribution is -2.20. The van der Waals surface area contributed by atoms with E-state index in [4.69, 9.17) is 21.1 Å². The van der Waals surface area contributed by atoms with Gasteiger partial charge in [-0.25, -0.2) is 0 Å². The number of para-hydroxylation sites is 1. The molecule has 0 fully saturated rings.